The smallest absolute Gasteiger partial charge is 0.213 e. The summed E-state index contributed by atoms with van der Waals surface area (Å²) in [4.78, 5) is 7.28. The quantitative estimate of drug-likeness (QED) is 0.0516. The van der Waals surface area contributed by atoms with Gasteiger partial charge in [0.25, 0.3) is 0 Å². The van der Waals surface area contributed by atoms with E-state index < -0.39 is 0 Å². The van der Waals surface area contributed by atoms with Gasteiger partial charge in [0.15, 0.2) is 25.5 Å². The normalized spacial score (nSPS) is 15.5. The SMILES string of the molecule is CN1/C(=C/c2cc[n+](CCC[N+](C)(C)CCCCCC[N+](C)(C)CCC[n+]3ccc(/C=C4\Sc5ccccc5N4C)c4ccccc43)c3ccccc23)Sc2ccccc21. The third kappa shape index (κ3) is 9.79. The molecule has 0 radical (unpaired) electrons. The number of fused-ring (bicyclic) bond motifs is 4. The number of hydrogen-bond donors (Lipinski definition) is 0. The molecule has 0 amide bonds. The number of para-hydroxylation sites is 4. The van der Waals surface area contributed by atoms with E-state index in [1.54, 1.807) is 0 Å². The molecule has 0 spiro atoms. The first-order valence-electron chi connectivity index (χ1n) is 22.0. The van der Waals surface area contributed by atoms with Gasteiger partial charge in [-0.3, -0.25) is 0 Å². The average Bonchev–Trinajstić information content (AvgIpc) is 3.74. The zero-order chi connectivity index (χ0) is 41.7. The molecule has 2 aliphatic rings. The van der Waals surface area contributed by atoms with Crippen molar-refractivity contribution < 1.29 is 18.1 Å². The lowest BCUT2D eigenvalue weighted by molar-refractivity contribution is -0.893. The highest BCUT2D eigenvalue weighted by atomic mass is 32.2. The highest BCUT2D eigenvalue weighted by molar-refractivity contribution is 8.04. The standard InChI is InChI=1S/C52H64N6S2/c1-53-47-25-13-15-27-49(47)59-51(53)39-41-29-33-55(45-23-11-9-21-43(41)45)31-19-37-57(3,4)35-17-7-8-18-36-58(5,6)38-20-32-56-34-30-42(44-22-10-12-24-46(44)56)40-52-54(2)48-26-14-16-28-50(48)60-52/h9-16,21-30,33-34,39-40H,7-8,17-20,31-32,35-38H2,1-6H3/q+4. The molecular formula is C52H64N6S2+4. The summed E-state index contributed by atoms with van der Waals surface area (Å²) >= 11 is 3.72. The van der Waals surface area contributed by atoms with Gasteiger partial charge in [-0.2, -0.15) is 9.13 Å². The summed E-state index contributed by atoms with van der Waals surface area (Å²) in [7, 11) is 14.0. The summed E-state index contributed by atoms with van der Waals surface area (Å²) in [5, 5.41) is 5.18. The maximum atomic E-state index is 2.46. The molecule has 8 rings (SSSR count). The number of quaternary nitrogens is 2. The van der Waals surface area contributed by atoms with Crippen molar-refractivity contribution >= 4 is 68.9 Å². The number of benzene rings is 4. The summed E-state index contributed by atoms with van der Waals surface area (Å²) < 4.78 is 7.09. The molecule has 0 aliphatic carbocycles. The van der Waals surface area contributed by atoms with Gasteiger partial charge in [-0.25, -0.2) is 0 Å². The van der Waals surface area contributed by atoms with Gasteiger partial charge in [-0.15, -0.1) is 0 Å². The van der Waals surface area contributed by atoms with Gasteiger partial charge in [-0.05, 0) is 85.4 Å². The Kier molecular flexibility index (Phi) is 13.0. The number of aromatic nitrogens is 2. The van der Waals surface area contributed by atoms with Crippen LogP contribution in [0.25, 0.3) is 34.0 Å². The topological polar surface area (TPSA) is 14.2 Å². The fraction of sp³-hybridized carbons (Fsp3) is 0.346. The Hall–Kier alpha value is -4.60. The van der Waals surface area contributed by atoms with E-state index in [1.165, 1.54) is 129 Å². The van der Waals surface area contributed by atoms with Crippen molar-refractivity contribution in [1.82, 2.24) is 0 Å². The molecular weight excluding hydrogens is 773 g/mol. The fourth-order valence-electron chi connectivity index (χ4n) is 9.01. The Labute approximate surface area is 367 Å². The van der Waals surface area contributed by atoms with Crippen molar-refractivity contribution in [2.75, 3.05) is 78.3 Å². The summed E-state index contributed by atoms with van der Waals surface area (Å²) in [6.07, 6.45) is 16.9. The lowest BCUT2D eigenvalue weighted by Crippen LogP contribution is -2.44. The van der Waals surface area contributed by atoms with E-state index in [-0.39, 0.29) is 0 Å². The molecule has 0 N–H and O–H groups in total. The second kappa shape index (κ2) is 18.6. The minimum Gasteiger partial charge on any atom is -0.338 e. The molecule has 0 unspecified atom stereocenters. The van der Waals surface area contributed by atoms with Gasteiger partial charge >= 0.3 is 0 Å². The Morgan fingerprint density at radius 1 is 0.467 bits per heavy atom. The van der Waals surface area contributed by atoms with Crippen molar-refractivity contribution in [3.05, 3.63) is 143 Å². The Morgan fingerprint density at radius 3 is 1.28 bits per heavy atom. The highest BCUT2D eigenvalue weighted by Crippen LogP contribution is 2.46. The Morgan fingerprint density at radius 2 is 0.850 bits per heavy atom. The van der Waals surface area contributed by atoms with Gasteiger partial charge in [0.2, 0.25) is 11.0 Å². The number of aryl methyl sites for hydroxylation is 2. The lowest BCUT2D eigenvalue weighted by Gasteiger charge is -2.30. The average molecular weight is 837 g/mol. The predicted octanol–water partition coefficient (Wildman–Crippen LogP) is 10.8. The number of rotatable bonds is 17. The maximum Gasteiger partial charge on any atom is 0.213 e. The molecule has 0 saturated heterocycles. The van der Waals surface area contributed by atoms with Crippen LogP contribution in [0.15, 0.2) is 141 Å². The Bertz CT molecular complexity index is 2350. The van der Waals surface area contributed by atoms with Crippen LogP contribution in [0.2, 0.25) is 0 Å². The van der Waals surface area contributed by atoms with E-state index in [1.807, 2.05) is 23.5 Å². The van der Waals surface area contributed by atoms with E-state index in [0.29, 0.717) is 0 Å². The highest BCUT2D eigenvalue weighted by Gasteiger charge is 2.25. The van der Waals surface area contributed by atoms with Gasteiger partial charge < -0.3 is 18.8 Å². The fourth-order valence-corrected chi connectivity index (χ4v) is 11.2. The molecule has 0 fully saturated rings. The van der Waals surface area contributed by atoms with Crippen molar-refractivity contribution in [3.63, 3.8) is 0 Å². The second-order valence-electron chi connectivity index (χ2n) is 18.1. The molecule has 8 heteroatoms. The summed E-state index contributed by atoms with van der Waals surface area (Å²) in [5.41, 5.74) is 7.77. The number of hydrogen-bond acceptors (Lipinski definition) is 4. The zero-order valence-corrected chi connectivity index (χ0v) is 38.3. The van der Waals surface area contributed by atoms with Gasteiger partial charge in [0.1, 0.15) is 0 Å². The van der Waals surface area contributed by atoms with Crippen LogP contribution in [0.4, 0.5) is 11.4 Å². The van der Waals surface area contributed by atoms with E-state index >= 15 is 0 Å². The number of anilines is 2. The van der Waals surface area contributed by atoms with Crippen molar-refractivity contribution in [1.29, 1.82) is 0 Å². The molecule has 2 aromatic heterocycles. The molecule has 0 atom stereocenters. The van der Waals surface area contributed by atoms with Crippen LogP contribution >= 0.6 is 23.5 Å². The van der Waals surface area contributed by atoms with Crippen molar-refractivity contribution in [2.24, 2.45) is 0 Å². The third-order valence-electron chi connectivity index (χ3n) is 12.6. The maximum absolute atomic E-state index is 2.46. The van der Waals surface area contributed by atoms with Crippen LogP contribution in [0.1, 0.15) is 49.7 Å². The van der Waals surface area contributed by atoms with Gasteiger partial charge in [0, 0.05) is 48.2 Å². The monoisotopic (exact) mass is 836 g/mol. The minimum atomic E-state index is 1.04. The molecule has 310 valence electrons. The minimum absolute atomic E-state index is 1.04. The number of unbranched alkanes of at least 4 members (excludes halogenated alkanes) is 3. The first kappa shape index (κ1) is 42.1. The molecule has 4 aromatic carbocycles. The molecule has 6 nitrogen and oxygen atoms in total. The molecule has 6 aromatic rings. The predicted molar refractivity (Wildman–Crippen MR) is 257 cm³/mol. The van der Waals surface area contributed by atoms with Crippen LogP contribution in [0, 0.1) is 0 Å². The number of nitrogens with zero attached hydrogens (tertiary/aromatic N) is 6. The first-order valence-corrected chi connectivity index (χ1v) is 23.6. The van der Waals surface area contributed by atoms with E-state index in [9.17, 15) is 0 Å². The Balaban J connectivity index is 0.758. The molecule has 4 heterocycles. The lowest BCUT2D eigenvalue weighted by atomic mass is 10.1. The zero-order valence-electron chi connectivity index (χ0n) is 36.7. The summed E-state index contributed by atoms with van der Waals surface area (Å²) in [5.74, 6) is 0. The summed E-state index contributed by atoms with van der Waals surface area (Å²) in [6.45, 7) is 6.95. The molecule has 0 bridgehead atoms. The number of pyridine rings is 2. The second-order valence-corrected chi connectivity index (χ2v) is 20.2. The van der Waals surface area contributed by atoms with Crippen LogP contribution < -0.4 is 18.9 Å². The van der Waals surface area contributed by atoms with Crippen LogP contribution in [0.5, 0.6) is 0 Å². The summed E-state index contributed by atoms with van der Waals surface area (Å²) in [6, 6.07) is 39.8. The molecule has 60 heavy (non-hydrogen) atoms. The van der Waals surface area contributed by atoms with Crippen molar-refractivity contribution in [2.45, 2.75) is 61.4 Å². The van der Waals surface area contributed by atoms with Crippen LogP contribution in [0.3, 0.4) is 0 Å². The van der Waals surface area contributed by atoms with Crippen LogP contribution in [-0.4, -0.2) is 77.4 Å². The van der Waals surface area contributed by atoms with E-state index in [0.717, 1.165) is 22.1 Å². The van der Waals surface area contributed by atoms with E-state index in [2.05, 4.69) is 195 Å². The molecule has 0 saturated carbocycles. The number of thioether (sulfide) groups is 2. The first-order chi connectivity index (χ1) is 29.1. The van der Waals surface area contributed by atoms with Gasteiger partial charge in [0.05, 0.1) is 99.4 Å². The largest absolute Gasteiger partial charge is 0.338 e. The third-order valence-corrected chi connectivity index (χ3v) is 15.0. The molecule has 2 aliphatic heterocycles. The van der Waals surface area contributed by atoms with Crippen LogP contribution in [-0.2, 0) is 13.1 Å². The van der Waals surface area contributed by atoms with E-state index in [4.69, 9.17) is 0 Å². The van der Waals surface area contributed by atoms with Crippen molar-refractivity contribution in [3.8, 4) is 0 Å². The van der Waals surface area contributed by atoms with Gasteiger partial charge in [-0.1, -0.05) is 72.1 Å².